The Hall–Kier alpha value is -2.53. The van der Waals surface area contributed by atoms with E-state index in [2.05, 4.69) is 29.2 Å². The fraction of sp³-hybridized carbons (Fsp3) is 0.381. The topological polar surface area (TPSA) is 42.0 Å². The molecule has 5 heteroatoms. The van der Waals surface area contributed by atoms with E-state index in [1.165, 1.54) is 5.56 Å². The van der Waals surface area contributed by atoms with Gasteiger partial charge in [-0.25, -0.2) is 0 Å². The summed E-state index contributed by atoms with van der Waals surface area (Å²) in [4.78, 5) is 17.4. The van der Waals surface area contributed by atoms with Crippen molar-refractivity contribution in [3.05, 3.63) is 59.7 Å². The average Bonchev–Trinajstić information content (AvgIpc) is 2.93. The summed E-state index contributed by atoms with van der Waals surface area (Å²) in [6.45, 7) is 4.25. The molecule has 0 N–H and O–H groups in total. The number of nitrogens with zero attached hydrogens (tertiary/aromatic N) is 2. The molecule has 1 aliphatic rings. The molecule has 0 bridgehead atoms. The summed E-state index contributed by atoms with van der Waals surface area (Å²) in [7, 11) is 3.15. The number of ether oxygens (including phenoxy) is 2. The largest absolute Gasteiger partial charge is 0.493 e. The van der Waals surface area contributed by atoms with Crippen molar-refractivity contribution < 1.29 is 14.3 Å². The minimum absolute atomic E-state index is 0.00214. The summed E-state index contributed by atoms with van der Waals surface area (Å²) in [5.74, 6) is 1.09. The molecule has 2 aromatic rings. The van der Waals surface area contributed by atoms with Gasteiger partial charge in [0.05, 0.1) is 19.8 Å². The molecule has 0 unspecified atom stereocenters. The number of carbonyl (C=O) groups excluding carboxylic acids is 1. The summed E-state index contributed by atoms with van der Waals surface area (Å²) >= 11 is 0. The van der Waals surface area contributed by atoms with Crippen molar-refractivity contribution >= 4 is 5.91 Å². The van der Waals surface area contributed by atoms with Crippen molar-refractivity contribution in [3.8, 4) is 11.5 Å². The van der Waals surface area contributed by atoms with E-state index in [0.717, 1.165) is 32.6 Å². The number of benzene rings is 2. The highest BCUT2D eigenvalue weighted by molar-refractivity contribution is 5.97. The maximum Gasteiger partial charge on any atom is 0.257 e. The monoisotopic (exact) mass is 354 g/mol. The number of amides is 1. The average molecular weight is 354 g/mol. The van der Waals surface area contributed by atoms with Crippen LogP contribution in [0.1, 0.15) is 22.3 Å². The Morgan fingerprint density at radius 3 is 2.46 bits per heavy atom. The van der Waals surface area contributed by atoms with Gasteiger partial charge in [0.1, 0.15) is 0 Å². The summed E-state index contributed by atoms with van der Waals surface area (Å²) in [6, 6.07) is 15.9. The van der Waals surface area contributed by atoms with Crippen LogP contribution in [0, 0.1) is 0 Å². The van der Waals surface area contributed by atoms with Crippen LogP contribution in [0.15, 0.2) is 48.5 Å². The lowest BCUT2D eigenvalue weighted by Crippen LogP contribution is -2.35. The van der Waals surface area contributed by atoms with Crippen LogP contribution < -0.4 is 9.47 Å². The van der Waals surface area contributed by atoms with Gasteiger partial charge in [0.2, 0.25) is 0 Å². The Morgan fingerprint density at radius 2 is 1.73 bits per heavy atom. The van der Waals surface area contributed by atoms with Gasteiger partial charge in [-0.1, -0.05) is 36.4 Å². The maximum absolute atomic E-state index is 13.0. The van der Waals surface area contributed by atoms with Crippen LogP contribution in [-0.2, 0) is 6.54 Å². The Bertz CT molecular complexity index is 733. The van der Waals surface area contributed by atoms with Gasteiger partial charge < -0.3 is 14.4 Å². The normalized spacial score (nSPS) is 15.4. The zero-order valence-electron chi connectivity index (χ0n) is 15.5. The fourth-order valence-corrected chi connectivity index (χ4v) is 3.40. The highest BCUT2D eigenvalue weighted by atomic mass is 16.5. The molecular weight excluding hydrogens is 328 g/mol. The molecular formula is C21H26N2O3. The number of methoxy groups -OCH3 is 2. The van der Waals surface area contributed by atoms with Crippen LogP contribution in [0.25, 0.3) is 0 Å². The van der Waals surface area contributed by atoms with Crippen LogP contribution >= 0.6 is 0 Å². The van der Waals surface area contributed by atoms with Crippen LogP contribution in [0.5, 0.6) is 11.5 Å². The fourth-order valence-electron chi connectivity index (χ4n) is 3.40. The summed E-state index contributed by atoms with van der Waals surface area (Å²) < 4.78 is 10.7. The molecule has 0 radical (unpaired) electrons. The van der Waals surface area contributed by atoms with Gasteiger partial charge in [-0.15, -0.1) is 0 Å². The first kappa shape index (κ1) is 18.3. The Labute approximate surface area is 155 Å². The molecule has 0 saturated carbocycles. The number of hydrogen-bond donors (Lipinski definition) is 0. The third-order valence-corrected chi connectivity index (χ3v) is 4.76. The number of para-hydroxylation sites is 1. The second kappa shape index (κ2) is 8.72. The molecule has 1 fully saturated rings. The van der Waals surface area contributed by atoms with E-state index in [1.54, 1.807) is 26.4 Å². The lowest BCUT2D eigenvalue weighted by Gasteiger charge is -2.23. The van der Waals surface area contributed by atoms with Crippen molar-refractivity contribution in [3.63, 3.8) is 0 Å². The van der Waals surface area contributed by atoms with Gasteiger partial charge in [-0.2, -0.15) is 0 Å². The predicted octanol–water partition coefficient (Wildman–Crippen LogP) is 3.05. The van der Waals surface area contributed by atoms with Gasteiger partial charge in [0.25, 0.3) is 5.91 Å². The molecule has 1 aliphatic heterocycles. The second-order valence-electron chi connectivity index (χ2n) is 6.45. The van der Waals surface area contributed by atoms with E-state index in [4.69, 9.17) is 9.47 Å². The van der Waals surface area contributed by atoms with Crippen molar-refractivity contribution in [2.75, 3.05) is 40.4 Å². The molecule has 0 spiro atoms. The smallest absolute Gasteiger partial charge is 0.257 e. The van der Waals surface area contributed by atoms with Gasteiger partial charge in [-0.05, 0) is 24.1 Å². The molecule has 26 heavy (non-hydrogen) atoms. The molecule has 0 atom stereocenters. The van der Waals surface area contributed by atoms with Gasteiger partial charge in [-0.3, -0.25) is 9.69 Å². The third kappa shape index (κ3) is 4.17. The zero-order valence-corrected chi connectivity index (χ0v) is 15.5. The molecule has 0 aromatic heterocycles. The number of hydrogen-bond acceptors (Lipinski definition) is 4. The first-order chi connectivity index (χ1) is 12.7. The minimum atomic E-state index is 0.00214. The maximum atomic E-state index is 13.0. The first-order valence-electron chi connectivity index (χ1n) is 8.99. The third-order valence-electron chi connectivity index (χ3n) is 4.76. The first-order valence-corrected chi connectivity index (χ1v) is 8.99. The van der Waals surface area contributed by atoms with E-state index in [9.17, 15) is 4.79 Å². The minimum Gasteiger partial charge on any atom is -0.493 e. The van der Waals surface area contributed by atoms with E-state index < -0.39 is 0 Å². The highest BCUT2D eigenvalue weighted by Gasteiger charge is 2.24. The van der Waals surface area contributed by atoms with Gasteiger partial charge in [0, 0.05) is 32.7 Å². The van der Waals surface area contributed by atoms with Crippen molar-refractivity contribution in [1.29, 1.82) is 0 Å². The molecule has 2 aromatic carbocycles. The summed E-state index contributed by atoms with van der Waals surface area (Å²) in [5.41, 5.74) is 1.87. The molecule has 1 heterocycles. The van der Waals surface area contributed by atoms with Crippen molar-refractivity contribution in [1.82, 2.24) is 9.80 Å². The molecule has 0 aliphatic carbocycles. The van der Waals surface area contributed by atoms with Gasteiger partial charge >= 0.3 is 0 Å². The van der Waals surface area contributed by atoms with E-state index in [-0.39, 0.29) is 5.91 Å². The predicted molar refractivity (Wildman–Crippen MR) is 102 cm³/mol. The van der Waals surface area contributed by atoms with Crippen molar-refractivity contribution in [2.45, 2.75) is 13.0 Å². The molecule has 3 rings (SSSR count). The lowest BCUT2D eigenvalue weighted by atomic mass is 10.1. The van der Waals surface area contributed by atoms with Crippen LogP contribution in [-0.4, -0.2) is 56.1 Å². The van der Waals surface area contributed by atoms with Crippen LogP contribution in [0.4, 0.5) is 0 Å². The molecule has 138 valence electrons. The summed E-state index contributed by atoms with van der Waals surface area (Å²) in [5, 5.41) is 0. The van der Waals surface area contributed by atoms with E-state index in [1.807, 2.05) is 17.0 Å². The summed E-state index contributed by atoms with van der Waals surface area (Å²) in [6.07, 6.45) is 0.963. The Morgan fingerprint density at radius 1 is 0.923 bits per heavy atom. The van der Waals surface area contributed by atoms with E-state index in [0.29, 0.717) is 23.6 Å². The van der Waals surface area contributed by atoms with Crippen LogP contribution in [0.3, 0.4) is 0 Å². The molecule has 1 amide bonds. The Kier molecular flexibility index (Phi) is 6.12. The quantitative estimate of drug-likeness (QED) is 0.828. The second-order valence-corrected chi connectivity index (χ2v) is 6.45. The number of carbonyl (C=O) groups is 1. The standard InChI is InChI=1S/C21H26N2O3/c1-25-19-11-6-10-18(20(19)26-2)21(24)23-13-7-12-22(14-15-23)16-17-8-4-3-5-9-17/h3-6,8-11H,7,12-16H2,1-2H3. The Balaban J connectivity index is 1.68. The van der Waals surface area contributed by atoms with E-state index >= 15 is 0 Å². The number of rotatable bonds is 5. The SMILES string of the molecule is COc1cccc(C(=O)N2CCCN(Cc3ccccc3)CC2)c1OC. The zero-order chi connectivity index (χ0) is 18.4. The molecule has 5 nitrogen and oxygen atoms in total. The van der Waals surface area contributed by atoms with Crippen molar-refractivity contribution in [2.24, 2.45) is 0 Å². The lowest BCUT2D eigenvalue weighted by molar-refractivity contribution is 0.0757. The molecule has 1 saturated heterocycles. The van der Waals surface area contributed by atoms with Gasteiger partial charge in [0.15, 0.2) is 11.5 Å². The van der Waals surface area contributed by atoms with Crippen LogP contribution in [0.2, 0.25) is 0 Å². The highest BCUT2D eigenvalue weighted by Crippen LogP contribution is 2.31.